The molecule has 32 heavy (non-hydrogen) atoms. The predicted molar refractivity (Wildman–Crippen MR) is 118 cm³/mol. The SMILES string of the molecule is CN(C)c1cc(-c2cc(Cl)ccc2Cl)oc1C(=O)N(OS(C)(=O)=O)/C(N)=N/OS(C)(=O)=O. The molecular formula is C16H18Cl2N4O8S2. The number of benzene rings is 1. The molecule has 0 fully saturated rings. The number of carbonyl (C=O) groups excluding carboxylic acids is 1. The third-order valence-corrected chi connectivity index (χ3v) is 4.78. The van der Waals surface area contributed by atoms with Crippen molar-refractivity contribution in [3.05, 3.63) is 40.1 Å². The third kappa shape index (κ3) is 6.74. The first kappa shape index (κ1) is 25.7. The van der Waals surface area contributed by atoms with Crippen LogP contribution in [0.3, 0.4) is 0 Å². The number of oxime groups is 1. The van der Waals surface area contributed by atoms with Gasteiger partial charge in [0.15, 0.2) is 0 Å². The van der Waals surface area contributed by atoms with Crippen LogP contribution < -0.4 is 10.6 Å². The number of halogens is 2. The summed E-state index contributed by atoms with van der Waals surface area (Å²) in [5.41, 5.74) is 6.07. The second-order valence-electron chi connectivity index (χ2n) is 6.45. The maximum atomic E-state index is 13.1. The molecule has 2 aromatic rings. The Hall–Kier alpha value is -2.52. The summed E-state index contributed by atoms with van der Waals surface area (Å²) in [5, 5.41) is 3.64. The molecule has 0 aliphatic carbocycles. The summed E-state index contributed by atoms with van der Waals surface area (Å²) in [6, 6.07) is 6.02. The molecule has 1 aromatic heterocycles. The summed E-state index contributed by atoms with van der Waals surface area (Å²) >= 11 is 12.2. The molecule has 1 amide bonds. The first-order valence-corrected chi connectivity index (χ1v) is 12.7. The normalized spacial score (nSPS) is 12.5. The topological polar surface area (TPSA) is 162 Å². The number of amides is 1. The number of hydrogen-bond donors (Lipinski definition) is 1. The number of anilines is 1. The van der Waals surface area contributed by atoms with Crippen molar-refractivity contribution in [2.75, 3.05) is 31.5 Å². The molecule has 0 aliphatic heterocycles. The van der Waals surface area contributed by atoms with Crippen molar-refractivity contribution in [2.45, 2.75) is 0 Å². The number of carbonyl (C=O) groups is 1. The number of nitrogens with two attached hydrogens (primary N) is 1. The Labute approximate surface area is 194 Å². The average Bonchev–Trinajstić information content (AvgIpc) is 3.10. The first-order valence-electron chi connectivity index (χ1n) is 8.31. The molecule has 0 unspecified atom stereocenters. The maximum Gasteiger partial charge on any atom is 0.325 e. The lowest BCUT2D eigenvalue weighted by Gasteiger charge is -2.19. The van der Waals surface area contributed by atoms with Gasteiger partial charge in [-0.1, -0.05) is 23.2 Å². The van der Waals surface area contributed by atoms with Crippen LogP contribution in [0, 0.1) is 0 Å². The fourth-order valence-corrected chi connectivity index (χ4v) is 3.24. The van der Waals surface area contributed by atoms with Crippen molar-refractivity contribution >= 4 is 61.0 Å². The van der Waals surface area contributed by atoms with E-state index in [-0.39, 0.29) is 21.5 Å². The molecule has 16 heteroatoms. The highest BCUT2D eigenvalue weighted by molar-refractivity contribution is 7.86. The van der Waals surface area contributed by atoms with Crippen LogP contribution in [0.1, 0.15) is 10.6 Å². The van der Waals surface area contributed by atoms with Gasteiger partial charge in [-0.05, 0) is 23.4 Å². The van der Waals surface area contributed by atoms with Gasteiger partial charge < -0.3 is 15.1 Å². The molecule has 1 aromatic carbocycles. The molecule has 0 saturated carbocycles. The fraction of sp³-hybridized carbons (Fsp3) is 0.250. The molecule has 2 rings (SSSR count). The molecule has 1 heterocycles. The van der Waals surface area contributed by atoms with E-state index in [1.54, 1.807) is 20.2 Å². The number of hydroxylamine groups is 2. The van der Waals surface area contributed by atoms with Gasteiger partial charge in [-0.2, -0.15) is 16.8 Å². The predicted octanol–water partition coefficient (Wildman–Crippen LogP) is 1.86. The summed E-state index contributed by atoms with van der Waals surface area (Å²) in [6.07, 6.45) is 1.29. The molecule has 2 N–H and O–H groups in total. The highest BCUT2D eigenvalue weighted by atomic mass is 35.5. The van der Waals surface area contributed by atoms with E-state index in [0.717, 1.165) is 0 Å². The van der Waals surface area contributed by atoms with Gasteiger partial charge in [0.1, 0.15) is 5.76 Å². The average molecular weight is 529 g/mol. The van der Waals surface area contributed by atoms with Crippen LogP contribution >= 0.6 is 23.2 Å². The Kier molecular flexibility index (Phi) is 7.67. The van der Waals surface area contributed by atoms with E-state index < -0.39 is 37.9 Å². The van der Waals surface area contributed by atoms with Gasteiger partial charge in [-0.3, -0.25) is 9.08 Å². The molecule has 0 bridgehead atoms. The summed E-state index contributed by atoms with van der Waals surface area (Å²) in [5.74, 6) is -2.58. The first-order chi connectivity index (χ1) is 14.6. The van der Waals surface area contributed by atoms with Gasteiger partial charge in [-0.25, -0.2) is 0 Å². The summed E-state index contributed by atoms with van der Waals surface area (Å²) < 4.78 is 60.0. The molecular weight excluding hydrogens is 511 g/mol. The molecule has 0 radical (unpaired) electrons. The zero-order valence-electron chi connectivity index (χ0n) is 17.1. The summed E-state index contributed by atoms with van der Waals surface area (Å²) in [7, 11) is -5.28. The van der Waals surface area contributed by atoms with Crippen LogP contribution in [0.2, 0.25) is 10.0 Å². The number of rotatable bonds is 7. The molecule has 0 saturated heterocycles. The zero-order valence-corrected chi connectivity index (χ0v) is 20.2. The molecule has 12 nitrogen and oxygen atoms in total. The van der Waals surface area contributed by atoms with Gasteiger partial charge in [0.05, 0.1) is 23.2 Å². The van der Waals surface area contributed by atoms with Crippen molar-refractivity contribution in [1.29, 1.82) is 0 Å². The van der Waals surface area contributed by atoms with E-state index in [1.807, 2.05) is 0 Å². The van der Waals surface area contributed by atoms with E-state index in [9.17, 15) is 21.6 Å². The van der Waals surface area contributed by atoms with Crippen molar-refractivity contribution < 1.29 is 34.6 Å². The van der Waals surface area contributed by atoms with Gasteiger partial charge in [-0.15, -0.1) is 9.35 Å². The van der Waals surface area contributed by atoms with Crippen LogP contribution in [0.15, 0.2) is 33.8 Å². The lowest BCUT2D eigenvalue weighted by molar-refractivity contribution is 0.0163. The lowest BCUT2D eigenvalue weighted by Crippen LogP contribution is -2.43. The monoisotopic (exact) mass is 528 g/mol. The standard InChI is InChI=1S/C16H18Cl2N4O8S2/c1-21(2)12-8-13(10-7-9(17)5-6-11(10)18)28-14(12)15(23)22(30-32(4,26)27)16(19)20-29-31(3,24)25/h5-8H,1-4H3,(H2,19,20). The van der Waals surface area contributed by atoms with Gasteiger partial charge in [0.2, 0.25) is 5.76 Å². The van der Waals surface area contributed by atoms with Gasteiger partial charge in [0.25, 0.3) is 16.1 Å². The number of guanidine groups is 1. The van der Waals surface area contributed by atoms with Crippen molar-refractivity contribution in [3.63, 3.8) is 0 Å². The zero-order chi connectivity index (χ0) is 24.4. The molecule has 176 valence electrons. The van der Waals surface area contributed by atoms with E-state index in [1.165, 1.54) is 23.1 Å². The Morgan fingerprint density at radius 3 is 2.25 bits per heavy atom. The maximum absolute atomic E-state index is 13.1. The van der Waals surface area contributed by atoms with Gasteiger partial charge in [0, 0.05) is 30.7 Å². The fourth-order valence-electron chi connectivity index (χ4n) is 2.23. The second kappa shape index (κ2) is 9.54. The van der Waals surface area contributed by atoms with Crippen LogP contribution in [-0.4, -0.2) is 60.4 Å². The largest absolute Gasteiger partial charge is 0.448 e. The highest BCUT2D eigenvalue weighted by Crippen LogP contribution is 2.36. The van der Waals surface area contributed by atoms with Crippen LogP contribution in [0.25, 0.3) is 11.3 Å². The summed E-state index contributed by atoms with van der Waals surface area (Å²) in [6.45, 7) is 0. The Morgan fingerprint density at radius 1 is 1.09 bits per heavy atom. The number of nitrogens with zero attached hydrogens (tertiary/aromatic N) is 3. The Morgan fingerprint density at radius 2 is 1.72 bits per heavy atom. The van der Waals surface area contributed by atoms with E-state index in [2.05, 4.69) is 13.7 Å². The lowest BCUT2D eigenvalue weighted by atomic mass is 10.1. The highest BCUT2D eigenvalue weighted by Gasteiger charge is 2.32. The van der Waals surface area contributed by atoms with E-state index >= 15 is 0 Å². The van der Waals surface area contributed by atoms with E-state index in [4.69, 9.17) is 33.4 Å². The Bertz CT molecular complexity index is 1270. The van der Waals surface area contributed by atoms with Crippen molar-refractivity contribution in [3.8, 4) is 11.3 Å². The molecule has 0 aliphatic rings. The van der Waals surface area contributed by atoms with Gasteiger partial charge >= 0.3 is 16.0 Å². The smallest absolute Gasteiger partial charge is 0.325 e. The second-order valence-corrected chi connectivity index (χ2v) is 10.4. The van der Waals surface area contributed by atoms with E-state index in [0.29, 0.717) is 23.1 Å². The quantitative estimate of drug-likeness (QED) is 0.318. The number of furan rings is 1. The van der Waals surface area contributed by atoms with Crippen LogP contribution in [-0.2, 0) is 28.8 Å². The van der Waals surface area contributed by atoms with Crippen molar-refractivity contribution in [1.82, 2.24) is 5.06 Å². The molecule has 0 atom stereocenters. The third-order valence-electron chi connectivity index (χ3n) is 3.45. The van der Waals surface area contributed by atoms with Crippen LogP contribution in [0.5, 0.6) is 0 Å². The molecule has 0 spiro atoms. The summed E-state index contributed by atoms with van der Waals surface area (Å²) in [4.78, 5) is 14.6. The van der Waals surface area contributed by atoms with Crippen LogP contribution in [0.4, 0.5) is 5.69 Å². The Balaban J connectivity index is 2.62. The minimum atomic E-state index is -4.32. The minimum absolute atomic E-state index is 0.00963. The number of hydrogen-bond acceptors (Lipinski definition) is 10. The minimum Gasteiger partial charge on any atom is -0.448 e. The van der Waals surface area contributed by atoms with Crippen molar-refractivity contribution in [2.24, 2.45) is 10.9 Å².